The molecule has 19 heavy (non-hydrogen) atoms. The van der Waals surface area contributed by atoms with Crippen LogP contribution < -0.4 is 10.5 Å². The third-order valence-corrected chi connectivity index (χ3v) is 5.44. The Morgan fingerprint density at radius 3 is 2.26 bits per heavy atom. The predicted octanol–water partition coefficient (Wildman–Crippen LogP) is 1.46. The first-order valence-electron chi connectivity index (χ1n) is 7.52. The lowest BCUT2D eigenvalue weighted by molar-refractivity contribution is 0.288. The number of hydrogen-bond donors (Lipinski definition) is 2. The summed E-state index contributed by atoms with van der Waals surface area (Å²) in [6.07, 6.45) is 5.87. The van der Waals surface area contributed by atoms with E-state index in [2.05, 4.69) is 4.72 Å². The molecule has 0 amide bonds. The van der Waals surface area contributed by atoms with Gasteiger partial charge >= 0.3 is 0 Å². The minimum Gasteiger partial charge on any atom is -0.330 e. The van der Waals surface area contributed by atoms with Crippen molar-refractivity contribution in [2.75, 3.05) is 19.6 Å². The maximum absolute atomic E-state index is 12.4. The summed E-state index contributed by atoms with van der Waals surface area (Å²) in [5, 5.41) is 0. The topological polar surface area (TPSA) is 75.4 Å². The van der Waals surface area contributed by atoms with Gasteiger partial charge in [0.05, 0.1) is 0 Å². The molecule has 0 radical (unpaired) electrons. The Labute approximate surface area is 118 Å². The Kier molecular flexibility index (Phi) is 7.28. The summed E-state index contributed by atoms with van der Waals surface area (Å²) in [5.74, 6) is 0.286. The van der Waals surface area contributed by atoms with Crippen molar-refractivity contribution in [2.24, 2.45) is 11.7 Å². The number of nitrogens with two attached hydrogens (primary N) is 1. The minimum absolute atomic E-state index is 0.0139. The smallest absolute Gasteiger partial charge is 0.279 e. The van der Waals surface area contributed by atoms with Gasteiger partial charge in [0.1, 0.15) is 0 Å². The molecule has 3 N–H and O–H groups in total. The highest BCUT2D eigenvalue weighted by Crippen LogP contribution is 2.24. The normalized spacial score (nSPS) is 24.8. The molecule has 2 unspecified atom stereocenters. The van der Waals surface area contributed by atoms with Crippen LogP contribution in [0.15, 0.2) is 0 Å². The van der Waals surface area contributed by atoms with Gasteiger partial charge < -0.3 is 5.73 Å². The maximum atomic E-state index is 12.4. The fraction of sp³-hybridized carbons (Fsp3) is 1.00. The van der Waals surface area contributed by atoms with Crippen LogP contribution in [-0.4, -0.2) is 38.4 Å². The molecule has 2 atom stereocenters. The van der Waals surface area contributed by atoms with Crippen LogP contribution in [-0.2, 0) is 10.2 Å². The van der Waals surface area contributed by atoms with Gasteiger partial charge in [0, 0.05) is 19.1 Å². The molecule has 0 aromatic rings. The van der Waals surface area contributed by atoms with Crippen molar-refractivity contribution in [3.05, 3.63) is 0 Å². The molecule has 6 heteroatoms. The molecule has 1 fully saturated rings. The Morgan fingerprint density at radius 2 is 1.74 bits per heavy atom. The number of rotatable bonds is 8. The summed E-state index contributed by atoms with van der Waals surface area (Å²) in [6.45, 7) is 5.74. The third-order valence-electron chi connectivity index (χ3n) is 3.80. The van der Waals surface area contributed by atoms with Gasteiger partial charge in [0.15, 0.2) is 0 Å². The highest BCUT2D eigenvalue weighted by Gasteiger charge is 2.30. The average molecular weight is 291 g/mol. The highest BCUT2D eigenvalue weighted by molar-refractivity contribution is 7.87. The van der Waals surface area contributed by atoms with Crippen molar-refractivity contribution in [1.82, 2.24) is 9.03 Å². The molecule has 0 heterocycles. The zero-order valence-electron chi connectivity index (χ0n) is 12.3. The number of hydrogen-bond acceptors (Lipinski definition) is 3. The molecular weight excluding hydrogens is 262 g/mol. The van der Waals surface area contributed by atoms with Crippen LogP contribution in [0.1, 0.15) is 52.4 Å². The monoisotopic (exact) mass is 291 g/mol. The van der Waals surface area contributed by atoms with Crippen LogP contribution in [0.25, 0.3) is 0 Å². The lowest BCUT2D eigenvalue weighted by atomic mass is 9.85. The summed E-state index contributed by atoms with van der Waals surface area (Å²) in [7, 11) is -3.36. The highest BCUT2D eigenvalue weighted by atomic mass is 32.2. The van der Waals surface area contributed by atoms with Crippen molar-refractivity contribution in [3.63, 3.8) is 0 Å². The second-order valence-corrected chi connectivity index (χ2v) is 7.11. The van der Waals surface area contributed by atoms with E-state index in [4.69, 9.17) is 5.73 Å². The molecule has 0 aromatic carbocycles. The van der Waals surface area contributed by atoms with Gasteiger partial charge in [-0.15, -0.1) is 0 Å². The molecule has 0 aromatic heterocycles. The summed E-state index contributed by atoms with van der Waals surface area (Å²) in [4.78, 5) is 0. The van der Waals surface area contributed by atoms with E-state index in [9.17, 15) is 8.42 Å². The van der Waals surface area contributed by atoms with E-state index in [-0.39, 0.29) is 12.0 Å². The van der Waals surface area contributed by atoms with Crippen LogP contribution in [0, 0.1) is 5.92 Å². The van der Waals surface area contributed by atoms with Crippen LogP contribution in [0.5, 0.6) is 0 Å². The van der Waals surface area contributed by atoms with Crippen LogP contribution in [0.2, 0.25) is 0 Å². The quantitative estimate of drug-likeness (QED) is 0.711. The minimum atomic E-state index is -3.36. The van der Waals surface area contributed by atoms with E-state index in [1.807, 2.05) is 13.8 Å². The molecular formula is C13H29N3O2S. The Balaban J connectivity index is 2.69. The SMILES string of the molecule is CCCN(CCC)S(=O)(=O)NC1CCCCC1CN. The fourth-order valence-corrected chi connectivity index (χ4v) is 4.45. The molecule has 0 spiro atoms. The maximum Gasteiger partial charge on any atom is 0.279 e. The lowest BCUT2D eigenvalue weighted by Crippen LogP contribution is -2.50. The first kappa shape index (κ1) is 16.9. The predicted molar refractivity (Wildman–Crippen MR) is 79.0 cm³/mol. The first-order valence-corrected chi connectivity index (χ1v) is 8.96. The Bertz CT molecular complexity index is 340. The van der Waals surface area contributed by atoms with Gasteiger partial charge in [-0.05, 0) is 38.1 Å². The second-order valence-electron chi connectivity index (χ2n) is 5.41. The molecule has 1 aliphatic carbocycles. The van der Waals surface area contributed by atoms with Crippen molar-refractivity contribution >= 4 is 10.2 Å². The largest absolute Gasteiger partial charge is 0.330 e. The lowest BCUT2D eigenvalue weighted by Gasteiger charge is -2.33. The Morgan fingerprint density at radius 1 is 1.16 bits per heavy atom. The van der Waals surface area contributed by atoms with E-state index in [1.54, 1.807) is 4.31 Å². The van der Waals surface area contributed by atoms with E-state index in [0.29, 0.717) is 19.6 Å². The molecule has 1 saturated carbocycles. The molecule has 0 saturated heterocycles. The zero-order valence-corrected chi connectivity index (χ0v) is 13.1. The molecule has 5 nitrogen and oxygen atoms in total. The molecule has 0 aliphatic heterocycles. The van der Waals surface area contributed by atoms with Crippen molar-refractivity contribution in [2.45, 2.75) is 58.4 Å². The van der Waals surface area contributed by atoms with E-state index >= 15 is 0 Å². The van der Waals surface area contributed by atoms with Crippen LogP contribution >= 0.6 is 0 Å². The average Bonchev–Trinajstić information content (AvgIpc) is 2.38. The van der Waals surface area contributed by atoms with Gasteiger partial charge in [-0.3, -0.25) is 0 Å². The van der Waals surface area contributed by atoms with E-state index in [1.165, 1.54) is 0 Å². The summed E-state index contributed by atoms with van der Waals surface area (Å²) >= 11 is 0. The van der Waals surface area contributed by atoms with Crippen molar-refractivity contribution in [1.29, 1.82) is 0 Å². The third kappa shape index (κ3) is 5.02. The van der Waals surface area contributed by atoms with Crippen molar-refractivity contribution in [3.8, 4) is 0 Å². The summed E-state index contributed by atoms with van der Waals surface area (Å²) < 4.78 is 29.3. The van der Waals surface area contributed by atoms with Gasteiger partial charge in [-0.2, -0.15) is 17.4 Å². The fourth-order valence-electron chi connectivity index (χ4n) is 2.76. The van der Waals surface area contributed by atoms with Crippen LogP contribution in [0.4, 0.5) is 0 Å². The van der Waals surface area contributed by atoms with E-state index in [0.717, 1.165) is 38.5 Å². The number of nitrogens with one attached hydrogen (secondary N) is 1. The van der Waals surface area contributed by atoms with Crippen LogP contribution in [0.3, 0.4) is 0 Å². The van der Waals surface area contributed by atoms with Gasteiger partial charge in [0.2, 0.25) is 0 Å². The molecule has 0 bridgehead atoms. The first-order chi connectivity index (χ1) is 9.05. The molecule has 1 aliphatic rings. The standard InChI is InChI=1S/C13H29N3O2S/c1-3-9-16(10-4-2)19(17,18)15-13-8-6-5-7-12(13)11-14/h12-13,15H,3-11,14H2,1-2H3. The van der Waals surface area contributed by atoms with Gasteiger partial charge in [-0.1, -0.05) is 26.7 Å². The molecule has 1 rings (SSSR count). The summed E-state index contributed by atoms with van der Waals surface area (Å²) in [6, 6.07) is 0.0139. The zero-order chi connectivity index (χ0) is 14.3. The van der Waals surface area contributed by atoms with Gasteiger partial charge in [0.25, 0.3) is 10.2 Å². The number of nitrogens with zero attached hydrogens (tertiary/aromatic N) is 1. The van der Waals surface area contributed by atoms with E-state index < -0.39 is 10.2 Å². The van der Waals surface area contributed by atoms with Gasteiger partial charge in [-0.25, -0.2) is 0 Å². The summed E-state index contributed by atoms with van der Waals surface area (Å²) in [5.41, 5.74) is 5.76. The molecule has 114 valence electrons. The van der Waals surface area contributed by atoms with Crippen molar-refractivity contribution < 1.29 is 8.42 Å². The second kappa shape index (κ2) is 8.19. The Hall–Kier alpha value is -0.170.